The molecule has 1 aromatic rings. The highest BCUT2D eigenvalue weighted by Crippen LogP contribution is 2.58. The van der Waals surface area contributed by atoms with Crippen LogP contribution in [0.15, 0.2) is 10.6 Å². The molecule has 2 fully saturated rings. The second kappa shape index (κ2) is 3.08. The van der Waals surface area contributed by atoms with Gasteiger partial charge in [0.05, 0.1) is 6.20 Å². The van der Waals surface area contributed by atoms with E-state index in [4.69, 9.17) is 4.42 Å². The third kappa shape index (κ3) is 1.41. The van der Waals surface area contributed by atoms with Gasteiger partial charge in [-0.2, -0.15) is 0 Å². The van der Waals surface area contributed by atoms with Gasteiger partial charge >= 0.3 is 0 Å². The molecular weight excluding hydrogens is 188 g/mol. The van der Waals surface area contributed by atoms with Crippen LogP contribution in [0.5, 0.6) is 0 Å². The van der Waals surface area contributed by atoms with Crippen molar-refractivity contribution in [3.05, 3.63) is 17.8 Å². The Morgan fingerprint density at radius 3 is 2.53 bits per heavy atom. The third-order valence-electron chi connectivity index (χ3n) is 3.92. The van der Waals surface area contributed by atoms with Crippen LogP contribution in [0, 0.1) is 18.8 Å². The lowest BCUT2D eigenvalue weighted by Crippen LogP contribution is -2.30. The van der Waals surface area contributed by atoms with Crippen molar-refractivity contribution in [3.8, 4) is 0 Å². The zero-order valence-electron chi connectivity index (χ0n) is 9.60. The van der Waals surface area contributed by atoms with Gasteiger partial charge in [-0.25, -0.2) is 4.98 Å². The number of fused-ring (bicyclic) bond motifs is 1. The summed E-state index contributed by atoms with van der Waals surface area (Å²) in [6.07, 6.45) is 1.91. The molecule has 0 radical (unpaired) electrons. The lowest BCUT2D eigenvalue weighted by molar-refractivity contribution is 0.239. The first-order valence-electron chi connectivity index (χ1n) is 5.83. The quantitative estimate of drug-likeness (QED) is 0.741. The number of hydrogen-bond donors (Lipinski definition) is 0. The van der Waals surface area contributed by atoms with E-state index in [1.165, 1.54) is 13.1 Å². The van der Waals surface area contributed by atoms with Crippen LogP contribution in [-0.4, -0.2) is 29.0 Å². The van der Waals surface area contributed by atoms with Crippen molar-refractivity contribution in [1.29, 1.82) is 0 Å². The van der Waals surface area contributed by atoms with E-state index in [0.29, 0.717) is 12.0 Å². The molecular formula is C12H18N2O. The summed E-state index contributed by atoms with van der Waals surface area (Å²) in [4.78, 5) is 6.74. The van der Waals surface area contributed by atoms with Crippen molar-refractivity contribution in [1.82, 2.24) is 9.88 Å². The average Bonchev–Trinajstić information content (AvgIpc) is 2.62. The summed E-state index contributed by atoms with van der Waals surface area (Å²) < 4.78 is 5.61. The lowest BCUT2D eigenvalue weighted by Gasteiger charge is -2.22. The third-order valence-corrected chi connectivity index (χ3v) is 3.92. The van der Waals surface area contributed by atoms with Crippen LogP contribution in [0.4, 0.5) is 0 Å². The molecule has 2 aliphatic rings. The van der Waals surface area contributed by atoms with E-state index in [9.17, 15) is 0 Å². The normalized spacial score (nSPS) is 34.8. The molecule has 1 aliphatic carbocycles. The number of oxazole rings is 1. The molecule has 3 heteroatoms. The molecule has 82 valence electrons. The van der Waals surface area contributed by atoms with E-state index in [1.807, 2.05) is 13.1 Å². The summed E-state index contributed by atoms with van der Waals surface area (Å²) in [6, 6.07) is 0.690. The van der Waals surface area contributed by atoms with Crippen LogP contribution >= 0.6 is 0 Å². The molecule has 0 aromatic carbocycles. The van der Waals surface area contributed by atoms with Crippen molar-refractivity contribution >= 4 is 0 Å². The van der Waals surface area contributed by atoms with Crippen LogP contribution in [0.25, 0.3) is 0 Å². The highest BCUT2D eigenvalue weighted by atomic mass is 16.4. The molecule has 2 heterocycles. The van der Waals surface area contributed by atoms with Gasteiger partial charge in [0.1, 0.15) is 5.76 Å². The van der Waals surface area contributed by atoms with Gasteiger partial charge in [-0.1, -0.05) is 0 Å². The second-order valence-corrected chi connectivity index (χ2v) is 5.18. The molecule has 3 nitrogen and oxygen atoms in total. The Morgan fingerprint density at radius 1 is 1.40 bits per heavy atom. The van der Waals surface area contributed by atoms with Gasteiger partial charge in [0.2, 0.25) is 0 Å². The minimum Gasteiger partial charge on any atom is -0.446 e. The van der Waals surface area contributed by atoms with Crippen LogP contribution < -0.4 is 0 Å². The SMILES string of the molecule is Cc1ncc(C2C3CN(C(C)C)CC32)o1. The molecule has 0 amide bonds. The minimum absolute atomic E-state index is 0.668. The molecule has 1 aromatic heterocycles. The Morgan fingerprint density at radius 2 is 2.07 bits per heavy atom. The first kappa shape index (κ1) is 9.40. The summed E-state index contributed by atoms with van der Waals surface area (Å²) in [7, 11) is 0. The second-order valence-electron chi connectivity index (χ2n) is 5.18. The van der Waals surface area contributed by atoms with Crippen molar-refractivity contribution in [2.24, 2.45) is 11.8 Å². The van der Waals surface area contributed by atoms with Gasteiger partial charge in [0.15, 0.2) is 5.89 Å². The largest absolute Gasteiger partial charge is 0.446 e. The van der Waals surface area contributed by atoms with E-state index in [2.05, 4.69) is 23.7 Å². The van der Waals surface area contributed by atoms with Gasteiger partial charge in [0, 0.05) is 32.0 Å². The highest BCUT2D eigenvalue weighted by molar-refractivity contribution is 5.21. The topological polar surface area (TPSA) is 29.3 Å². The monoisotopic (exact) mass is 206 g/mol. The maximum absolute atomic E-state index is 5.61. The Bertz CT molecular complexity index is 359. The molecule has 3 rings (SSSR count). The molecule has 1 saturated carbocycles. The molecule has 0 bridgehead atoms. The van der Waals surface area contributed by atoms with Gasteiger partial charge in [-0.05, 0) is 25.7 Å². The maximum atomic E-state index is 5.61. The molecule has 2 atom stereocenters. The smallest absolute Gasteiger partial charge is 0.191 e. The summed E-state index contributed by atoms with van der Waals surface area (Å²) in [5, 5.41) is 0. The fourth-order valence-electron chi connectivity index (χ4n) is 2.93. The summed E-state index contributed by atoms with van der Waals surface area (Å²) in [5.74, 6) is 4.25. The number of likely N-dealkylation sites (tertiary alicyclic amines) is 1. The van der Waals surface area contributed by atoms with Gasteiger partial charge in [0.25, 0.3) is 0 Å². The number of piperidine rings is 1. The minimum atomic E-state index is 0.668. The molecule has 2 unspecified atom stereocenters. The molecule has 1 saturated heterocycles. The predicted molar refractivity (Wildman–Crippen MR) is 57.7 cm³/mol. The highest BCUT2D eigenvalue weighted by Gasteiger charge is 2.58. The summed E-state index contributed by atoms with van der Waals surface area (Å²) in [5.41, 5.74) is 0. The van der Waals surface area contributed by atoms with Gasteiger partial charge in [-0.15, -0.1) is 0 Å². The first-order valence-corrected chi connectivity index (χ1v) is 5.83. The molecule has 0 N–H and O–H groups in total. The van der Waals surface area contributed by atoms with E-state index >= 15 is 0 Å². The zero-order chi connectivity index (χ0) is 10.6. The number of aryl methyl sites for hydroxylation is 1. The summed E-state index contributed by atoms with van der Waals surface area (Å²) in [6.45, 7) is 8.96. The van der Waals surface area contributed by atoms with Crippen LogP contribution in [0.1, 0.15) is 31.4 Å². The average molecular weight is 206 g/mol. The van der Waals surface area contributed by atoms with Gasteiger partial charge in [-0.3, -0.25) is 0 Å². The van der Waals surface area contributed by atoms with Crippen LogP contribution in [0.2, 0.25) is 0 Å². The number of nitrogens with zero attached hydrogens (tertiary/aromatic N) is 2. The van der Waals surface area contributed by atoms with Crippen molar-refractivity contribution in [2.45, 2.75) is 32.7 Å². The van der Waals surface area contributed by atoms with Crippen LogP contribution in [0.3, 0.4) is 0 Å². The van der Waals surface area contributed by atoms with Crippen LogP contribution in [-0.2, 0) is 0 Å². The standard InChI is InChI=1S/C12H18N2O/c1-7(2)14-5-9-10(6-14)12(9)11-4-13-8(3)15-11/h4,7,9-10,12H,5-6H2,1-3H3. The molecule has 0 spiro atoms. The number of rotatable bonds is 2. The van der Waals surface area contributed by atoms with E-state index in [-0.39, 0.29) is 0 Å². The Balaban J connectivity index is 1.68. The first-order chi connectivity index (χ1) is 7.16. The lowest BCUT2D eigenvalue weighted by atomic mass is 10.2. The Hall–Kier alpha value is -0.830. The maximum Gasteiger partial charge on any atom is 0.191 e. The fourth-order valence-corrected chi connectivity index (χ4v) is 2.93. The fraction of sp³-hybridized carbons (Fsp3) is 0.750. The van der Waals surface area contributed by atoms with Crippen molar-refractivity contribution < 1.29 is 4.42 Å². The zero-order valence-corrected chi connectivity index (χ0v) is 9.60. The van der Waals surface area contributed by atoms with Crippen molar-refractivity contribution in [2.75, 3.05) is 13.1 Å². The van der Waals surface area contributed by atoms with E-state index in [1.54, 1.807) is 0 Å². The molecule has 1 aliphatic heterocycles. The van der Waals surface area contributed by atoms with E-state index < -0.39 is 0 Å². The van der Waals surface area contributed by atoms with E-state index in [0.717, 1.165) is 23.5 Å². The predicted octanol–water partition coefficient (Wildman–Crippen LogP) is 2.04. The van der Waals surface area contributed by atoms with Gasteiger partial charge < -0.3 is 9.32 Å². The Kier molecular flexibility index (Phi) is 1.93. The van der Waals surface area contributed by atoms with Crippen molar-refractivity contribution in [3.63, 3.8) is 0 Å². The number of hydrogen-bond acceptors (Lipinski definition) is 3. The Labute approximate surface area is 90.5 Å². The molecule has 15 heavy (non-hydrogen) atoms. The number of aromatic nitrogens is 1. The summed E-state index contributed by atoms with van der Waals surface area (Å²) >= 11 is 0.